The van der Waals surface area contributed by atoms with E-state index in [-0.39, 0.29) is 5.97 Å². The van der Waals surface area contributed by atoms with Gasteiger partial charge in [0.1, 0.15) is 0 Å². The maximum Gasteiger partial charge on any atom is 0.310 e. The van der Waals surface area contributed by atoms with E-state index in [1.165, 1.54) is 173 Å². The van der Waals surface area contributed by atoms with E-state index < -0.39 is 5.41 Å². The van der Waals surface area contributed by atoms with Crippen LogP contribution in [-0.4, -0.2) is 11.1 Å². The van der Waals surface area contributed by atoms with Gasteiger partial charge in [0.15, 0.2) is 0 Å². The summed E-state index contributed by atoms with van der Waals surface area (Å²) in [7, 11) is 0. The molecule has 3 rings (SSSR count). The molecule has 1 N–H and O–H groups in total. The Morgan fingerprint density at radius 2 is 0.559 bits per heavy atom. The fourth-order valence-electron chi connectivity index (χ4n) is 8.39. The molecule has 0 aromatic heterocycles. The summed E-state index contributed by atoms with van der Waals surface area (Å²) >= 11 is 0. The third-order valence-corrected chi connectivity index (χ3v) is 10.2. The van der Waals surface area contributed by atoms with Crippen LogP contribution >= 0.6 is 0 Å². The average Bonchev–Trinajstić information content (AvgIpc) is 2.86. The summed E-state index contributed by atoms with van der Waals surface area (Å²) in [6.45, 7) is 0. The van der Waals surface area contributed by atoms with Crippen LogP contribution in [0.15, 0.2) is 0 Å². The lowest BCUT2D eigenvalue weighted by atomic mass is 9.53. The molecule has 3 aliphatic carbocycles. The Hall–Kier alpha value is -0.530. The first kappa shape index (κ1) is 28.0. The second-order valence-corrected chi connectivity index (χ2v) is 12.5. The molecule has 0 amide bonds. The molecule has 0 heterocycles. The van der Waals surface area contributed by atoms with Crippen molar-refractivity contribution in [1.29, 1.82) is 0 Å². The number of hydrogen-bond acceptors (Lipinski definition) is 1. The molecule has 198 valence electrons. The fourth-order valence-corrected chi connectivity index (χ4v) is 8.39. The molecule has 0 aromatic rings. The lowest BCUT2D eigenvalue weighted by molar-refractivity contribution is -0.167. The normalized spacial score (nSPS) is 25.9. The van der Waals surface area contributed by atoms with Crippen molar-refractivity contribution in [1.82, 2.24) is 0 Å². The maximum atomic E-state index is 13.8. The predicted octanol–water partition coefficient (Wildman–Crippen LogP) is 10.5. The molecule has 0 unspecified atom stereocenters. The zero-order chi connectivity index (χ0) is 23.9. The minimum Gasteiger partial charge on any atom is -0.481 e. The van der Waals surface area contributed by atoms with E-state index in [1.54, 1.807) is 0 Å². The molecule has 2 nitrogen and oxygen atoms in total. The van der Waals surface area contributed by atoms with Crippen LogP contribution in [0, 0.1) is 23.2 Å². The molecule has 0 aliphatic heterocycles. The minimum absolute atomic E-state index is 0.376. The Labute approximate surface area is 212 Å². The van der Waals surface area contributed by atoms with Crippen LogP contribution in [-0.2, 0) is 4.79 Å². The highest BCUT2D eigenvalue weighted by Gasteiger charge is 2.54. The van der Waals surface area contributed by atoms with Crippen molar-refractivity contribution in [2.24, 2.45) is 23.2 Å². The van der Waals surface area contributed by atoms with E-state index in [9.17, 15) is 9.90 Å². The van der Waals surface area contributed by atoms with E-state index in [4.69, 9.17) is 0 Å². The smallest absolute Gasteiger partial charge is 0.310 e. The first-order valence-electron chi connectivity index (χ1n) is 16.0. The fraction of sp³-hybridized carbons (Fsp3) is 0.969. The molecule has 0 spiro atoms. The molecule has 0 bridgehead atoms. The SMILES string of the molecule is O=C(O)C(C1CCCCCCCCC1)(C1CCCCCCCCC1)C1CCCCCCCCC1. The molecule has 3 aliphatic rings. The molecular formula is C32H58O2. The van der Waals surface area contributed by atoms with Crippen molar-refractivity contribution in [2.45, 2.75) is 173 Å². The number of carboxylic acids is 1. The molecular weight excluding hydrogens is 416 g/mol. The van der Waals surface area contributed by atoms with Crippen molar-refractivity contribution in [3.05, 3.63) is 0 Å². The Morgan fingerprint density at radius 1 is 0.382 bits per heavy atom. The molecule has 0 aromatic carbocycles. The van der Waals surface area contributed by atoms with E-state index >= 15 is 0 Å². The summed E-state index contributed by atoms with van der Waals surface area (Å²) < 4.78 is 0. The largest absolute Gasteiger partial charge is 0.481 e. The summed E-state index contributed by atoms with van der Waals surface area (Å²) in [6, 6.07) is 0. The summed E-state index contributed by atoms with van der Waals surface area (Å²) in [5.41, 5.74) is -0.461. The zero-order valence-corrected chi connectivity index (χ0v) is 22.7. The summed E-state index contributed by atoms with van der Waals surface area (Å²) in [5, 5.41) is 11.3. The van der Waals surface area contributed by atoms with Crippen molar-refractivity contribution in [2.75, 3.05) is 0 Å². The van der Waals surface area contributed by atoms with E-state index in [1.807, 2.05) is 0 Å². The number of carboxylic acid groups (broad SMARTS) is 1. The van der Waals surface area contributed by atoms with Gasteiger partial charge in [0.25, 0.3) is 0 Å². The Bertz CT molecular complexity index is 447. The van der Waals surface area contributed by atoms with Gasteiger partial charge >= 0.3 is 5.97 Å². The molecule has 0 atom stereocenters. The quantitative estimate of drug-likeness (QED) is 0.440. The number of aliphatic carboxylic acids is 1. The van der Waals surface area contributed by atoms with Crippen LogP contribution in [0.5, 0.6) is 0 Å². The highest BCUT2D eigenvalue weighted by molar-refractivity contribution is 5.76. The van der Waals surface area contributed by atoms with Crippen LogP contribution in [0.25, 0.3) is 0 Å². The monoisotopic (exact) mass is 474 g/mol. The highest BCUT2D eigenvalue weighted by atomic mass is 16.4. The first-order chi connectivity index (χ1) is 16.8. The lowest BCUT2D eigenvalue weighted by Crippen LogP contribution is -2.51. The van der Waals surface area contributed by atoms with Gasteiger partial charge in [-0.05, 0) is 56.3 Å². The predicted molar refractivity (Wildman–Crippen MR) is 145 cm³/mol. The second-order valence-electron chi connectivity index (χ2n) is 12.5. The van der Waals surface area contributed by atoms with Gasteiger partial charge < -0.3 is 5.11 Å². The number of carbonyl (C=O) groups is 1. The van der Waals surface area contributed by atoms with Gasteiger partial charge in [0, 0.05) is 0 Å². The van der Waals surface area contributed by atoms with E-state index in [2.05, 4.69) is 0 Å². The lowest BCUT2D eigenvalue weighted by Gasteiger charge is -2.50. The average molecular weight is 475 g/mol. The minimum atomic E-state index is -0.461. The van der Waals surface area contributed by atoms with Crippen molar-refractivity contribution in [3.8, 4) is 0 Å². The van der Waals surface area contributed by atoms with Crippen LogP contribution in [0.1, 0.15) is 173 Å². The molecule has 3 fully saturated rings. The third-order valence-electron chi connectivity index (χ3n) is 10.2. The van der Waals surface area contributed by atoms with E-state index in [0.717, 1.165) is 0 Å². The van der Waals surface area contributed by atoms with Gasteiger partial charge in [0.05, 0.1) is 5.41 Å². The van der Waals surface area contributed by atoms with Gasteiger partial charge in [-0.1, -0.05) is 135 Å². The highest BCUT2D eigenvalue weighted by Crippen LogP contribution is 2.55. The standard InChI is InChI=1S/C32H58O2/c33-31(34)32(28-22-16-10-4-1-5-11-17-23-28,29-24-18-12-6-2-7-13-19-25-29)30-26-20-14-8-3-9-15-21-27-30/h28-30H,1-27H2,(H,33,34). The second kappa shape index (κ2) is 16.3. The molecule has 3 saturated carbocycles. The third kappa shape index (κ3) is 8.26. The van der Waals surface area contributed by atoms with Crippen LogP contribution < -0.4 is 0 Å². The van der Waals surface area contributed by atoms with Gasteiger partial charge in [-0.2, -0.15) is 0 Å². The molecule has 0 radical (unpaired) electrons. The van der Waals surface area contributed by atoms with Crippen LogP contribution in [0.2, 0.25) is 0 Å². The Morgan fingerprint density at radius 3 is 0.735 bits per heavy atom. The Kier molecular flexibility index (Phi) is 13.4. The molecule has 2 heteroatoms. The summed E-state index contributed by atoms with van der Waals surface area (Å²) in [4.78, 5) is 13.8. The van der Waals surface area contributed by atoms with Gasteiger partial charge in [-0.3, -0.25) is 4.79 Å². The Balaban J connectivity index is 1.96. The maximum absolute atomic E-state index is 13.8. The molecule has 34 heavy (non-hydrogen) atoms. The van der Waals surface area contributed by atoms with Crippen molar-refractivity contribution < 1.29 is 9.90 Å². The van der Waals surface area contributed by atoms with Crippen molar-refractivity contribution in [3.63, 3.8) is 0 Å². The summed E-state index contributed by atoms with van der Waals surface area (Å²) in [6.07, 6.45) is 34.9. The first-order valence-corrected chi connectivity index (χ1v) is 16.0. The van der Waals surface area contributed by atoms with Crippen LogP contribution in [0.3, 0.4) is 0 Å². The number of rotatable bonds is 4. The topological polar surface area (TPSA) is 37.3 Å². The van der Waals surface area contributed by atoms with E-state index in [0.29, 0.717) is 17.8 Å². The van der Waals surface area contributed by atoms with Crippen LogP contribution in [0.4, 0.5) is 0 Å². The zero-order valence-electron chi connectivity index (χ0n) is 22.7. The summed E-state index contributed by atoms with van der Waals surface area (Å²) in [5.74, 6) is 0.843. The molecule has 0 saturated heterocycles. The van der Waals surface area contributed by atoms with Gasteiger partial charge in [0.2, 0.25) is 0 Å². The van der Waals surface area contributed by atoms with Gasteiger partial charge in [-0.15, -0.1) is 0 Å². The van der Waals surface area contributed by atoms with Gasteiger partial charge in [-0.25, -0.2) is 0 Å². The number of hydrogen-bond donors (Lipinski definition) is 1. The van der Waals surface area contributed by atoms with Crippen molar-refractivity contribution >= 4 is 5.97 Å².